The summed E-state index contributed by atoms with van der Waals surface area (Å²) < 4.78 is 29.1. The maximum absolute atomic E-state index is 12.6. The Morgan fingerprint density at radius 2 is 1.09 bits per heavy atom. The van der Waals surface area contributed by atoms with Gasteiger partial charge in [-0.2, -0.15) is 27.0 Å². The Morgan fingerprint density at radius 1 is 0.702 bits per heavy atom. The van der Waals surface area contributed by atoms with Crippen molar-refractivity contribution in [2.24, 2.45) is 0 Å². The average molecular weight is 1230 g/mol. The van der Waals surface area contributed by atoms with E-state index >= 15 is 0 Å². The second kappa shape index (κ2) is 25.9. The Kier molecular flexibility index (Phi) is 23.8. The van der Waals surface area contributed by atoms with Gasteiger partial charge in [0.2, 0.25) is 0 Å². The first-order valence-corrected chi connectivity index (χ1v) is 21.8. The smallest absolute Gasteiger partial charge is 0.369 e. The lowest BCUT2D eigenvalue weighted by Crippen LogP contribution is -2.35. The van der Waals surface area contributed by atoms with Gasteiger partial charge in [-0.1, -0.05) is 78.3 Å². The van der Waals surface area contributed by atoms with E-state index in [-0.39, 0.29) is 65.2 Å². The van der Waals surface area contributed by atoms with Crippen molar-refractivity contribution in [2.45, 2.75) is 24.9 Å². The molecule has 2 aliphatic rings. The average Bonchev–Trinajstić information content (AvgIpc) is 3.83. The number of carbonyl (C=O) groups is 2. The summed E-state index contributed by atoms with van der Waals surface area (Å²) in [5.74, 6) is 0.993. The van der Waals surface area contributed by atoms with Crippen LogP contribution in [-0.4, -0.2) is 65.7 Å². The van der Waals surface area contributed by atoms with Crippen LogP contribution in [0.5, 0.6) is 34.5 Å². The largest absolute Gasteiger partial charge is 0.507 e. The van der Waals surface area contributed by atoms with E-state index in [9.17, 15) is 14.7 Å². The summed E-state index contributed by atoms with van der Waals surface area (Å²) in [4.78, 5) is 25.0. The van der Waals surface area contributed by atoms with Crippen LogP contribution in [0.4, 0.5) is 0 Å². The molecule has 310 valence electrons. The number of phenols is 1. The van der Waals surface area contributed by atoms with Crippen LogP contribution in [-0.2, 0) is 9.47 Å². The van der Waals surface area contributed by atoms with Crippen LogP contribution in [0.15, 0.2) is 69.6 Å². The summed E-state index contributed by atoms with van der Waals surface area (Å²) in [6.45, 7) is 2.23. The number of hydrogen-bond donors (Lipinski definition) is 3. The molecule has 2 atom stereocenters. The van der Waals surface area contributed by atoms with E-state index < -0.39 is 5.91 Å². The van der Waals surface area contributed by atoms with Gasteiger partial charge in [-0.3, -0.25) is 9.59 Å². The second-order valence-electron chi connectivity index (χ2n) is 11.5. The highest BCUT2D eigenvalue weighted by Gasteiger charge is 2.23. The van der Waals surface area contributed by atoms with Crippen LogP contribution in [0.1, 0.15) is 33.6 Å². The number of ether oxygens (including phenoxy) is 5. The zero-order chi connectivity index (χ0) is 40.2. The quantitative estimate of drug-likeness (QED) is 0.142. The highest BCUT2D eigenvalue weighted by Crippen LogP contribution is 2.41. The van der Waals surface area contributed by atoms with Gasteiger partial charge in [-0.15, -0.1) is 47.3 Å². The molecule has 0 saturated carbocycles. The van der Waals surface area contributed by atoms with Gasteiger partial charge in [0.05, 0.1) is 63.6 Å². The number of carbonyl (C=O) groups excluding carboxylic acids is 2. The Balaban J connectivity index is 0.000000349. The van der Waals surface area contributed by atoms with Crippen molar-refractivity contribution >= 4 is 168 Å². The number of benzene rings is 4. The van der Waals surface area contributed by atoms with Gasteiger partial charge in [0.25, 0.3) is 11.8 Å². The summed E-state index contributed by atoms with van der Waals surface area (Å²) in [6, 6.07) is 15.9. The van der Waals surface area contributed by atoms with E-state index in [0.29, 0.717) is 75.1 Å². The third kappa shape index (κ3) is 16.6. The molecule has 0 aliphatic carbocycles. The van der Waals surface area contributed by atoms with Crippen LogP contribution in [0.2, 0.25) is 20.1 Å². The predicted octanol–water partition coefficient (Wildman–Crippen LogP) is 12.2. The molecular weight excluding hydrogens is 1190 g/mol. The first-order valence-electron chi connectivity index (χ1n) is 16.0. The van der Waals surface area contributed by atoms with Crippen molar-refractivity contribution in [2.75, 3.05) is 33.5 Å². The van der Waals surface area contributed by atoms with Crippen molar-refractivity contribution in [1.82, 2.24) is 10.6 Å². The maximum atomic E-state index is 12.6. The topological polar surface area (TPSA) is 125 Å². The van der Waals surface area contributed by atoms with Gasteiger partial charge in [-0.05, 0) is 73.5 Å². The highest BCUT2D eigenvalue weighted by molar-refractivity contribution is 9.69. The highest BCUT2D eigenvalue weighted by atomic mass is 79.9. The number of nitrogens with one attached hydrogen (secondary N) is 2. The molecule has 57 heavy (non-hydrogen) atoms. The van der Waals surface area contributed by atoms with E-state index in [1.54, 1.807) is 42.5 Å². The fourth-order valence-electron chi connectivity index (χ4n) is 5.00. The zero-order valence-corrected chi connectivity index (χ0v) is 42.4. The number of methoxy groups -OCH3 is 1. The van der Waals surface area contributed by atoms with E-state index in [4.69, 9.17) is 70.1 Å². The molecule has 3 N–H and O–H groups in total. The number of amides is 2. The van der Waals surface area contributed by atoms with Gasteiger partial charge >= 0.3 is 3.18 Å². The van der Waals surface area contributed by atoms with Gasteiger partial charge in [-0.25, -0.2) is 0 Å². The predicted molar refractivity (Wildman–Crippen MR) is 256 cm³/mol. The molecule has 0 radical (unpaired) electrons. The van der Waals surface area contributed by atoms with Gasteiger partial charge < -0.3 is 39.4 Å². The Labute approximate surface area is 406 Å². The fourth-order valence-corrected chi connectivity index (χ4v) is 7.57. The Bertz CT molecular complexity index is 1940. The number of aromatic hydroxyl groups is 1. The second-order valence-corrected chi connectivity index (χ2v) is 21.4. The van der Waals surface area contributed by atoms with E-state index in [1.165, 1.54) is 25.3 Å². The Hall–Kier alpha value is -0.735. The SMILES string of the molecule is BrB(Br)Br.COc1ccc(Oc2c(Cl)cc(Br)cc2Cl)cc1C(=O)N[C@H]1CCOC1.O=C(N[C@H]1CCOC1)c1cc(Oc2c(Cl)cc(Br)cc2Cl)ccc1O.S.S. The summed E-state index contributed by atoms with van der Waals surface area (Å²) >= 11 is 40.6. The molecular formula is C35H34BBr5Cl4N2O8S2. The summed E-state index contributed by atoms with van der Waals surface area (Å²) in [5.41, 5.74) is 0.468. The minimum Gasteiger partial charge on any atom is -0.507 e. The van der Waals surface area contributed by atoms with Crippen LogP contribution in [0.25, 0.3) is 0 Å². The molecule has 4 aromatic rings. The Morgan fingerprint density at radius 3 is 1.47 bits per heavy atom. The molecule has 0 bridgehead atoms. The van der Waals surface area contributed by atoms with Gasteiger partial charge in [0, 0.05) is 22.2 Å². The van der Waals surface area contributed by atoms with E-state index in [0.717, 1.165) is 21.8 Å². The molecule has 0 spiro atoms. The first kappa shape index (κ1) is 52.4. The van der Waals surface area contributed by atoms with Crippen molar-refractivity contribution in [1.29, 1.82) is 0 Å². The van der Waals surface area contributed by atoms with Crippen molar-refractivity contribution < 1.29 is 38.4 Å². The monoisotopic (exact) mass is 1220 g/mol. The molecule has 2 aliphatic heterocycles. The number of rotatable bonds is 9. The normalized spacial score (nSPS) is 15.3. The van der Waals surface area contributed by atoms with Crippen LogP contribution in [0.3, 0.4) is 0 Å². The molecule has 6 rings (SSSR count). The third-order valence-corrected chi connectivity index (χ3v) is 9.56. The number of hydrogen-bond acceptors (Lipinski definition) is 8. The number of halogens is 9. The maximum Gasteiger partial charge on any atom is 0.369 e. The molecule has 2 heterocycles. The third-order valence-electron chi connectivity index (χ3n) is 7.52. The molecule has 2 amide bonds. The van der Waals surface area contributed by atoms with E-state index in [1.807, 2.05) is 0 Å². The lowest BCUT2D eigenvalue weighted by molar-refractivity contribution is 0.0918. The van der Waals surface area contributed by atoms with Crippen LogP contribution < -0.4 is 24.8 Å². The van der Waals surface area contributed by atoms with E-state index in [2.05, 4.69) is 89.8 Å². The lowest BCUT2D eigenvalue weighted by atomic mass is 10.1. The molecule has 0 aromatic heterocycles. The molecule has 2 saturated heterocycles. The zero-order valence-electron chi connectivity index (χ0n) is 29.5. The number of phenolic OH excluding ortho intramolecular Hbond substituents is 1. The summed E-state index contributed by atoms with van der Waals surface area (Å²) in [5, 5.41) is 17.1. The van der Waals surface area contributed by atoms with Crippen molar-refractivity contribution in [3.63, 3.8) is 0 Å². The van der Waals surface area contributed by atoms with Crippen molar-refractivity contribution in [3.8, 4) is 34.5 Å². The minimum atomic E-state index is -0.397. The molecule has 2 fully saturated rings. The molecule has 10 nitrogen and oxygen atoms in total. The standard InChI is InChI=1S/C18H16BrCl2NO4.C17H14BrCl2NO4.BBr3.2H2S/c1-24-16-3-2-12(26-17-14(20)6-10(19)7-15(17)21)8-13(16)18(23)22-11-4-5-25-9-11;18-9-5-13(19)16(14(20)6-9)25-11-1-2-15(22)12(7-11)17(23)21-10-3-4-24-8-10;2-1(3)4;;/h2-3,6-8,11H,4-5,9H2,1H3,(H,22,23);1-2,5-7,10,22H,3-4,8H2,(H,21,23);;2*1H2/t11-;10-;;;/m00.../s1. The van der Waals surface area contributed by atoms with Crippen LogP contribution in [0, 0.1) is 0 Å². The summed E-state index contributed by atoms with van der Waals surface area (Å²) in [7, 11) is 1.51. The van der Waals surface area contributed by atoms with Gasteiger partial charge in [0.15, 0.2) is 11.5 Å². The fraction of sp³-hybridized carbons (Fsp3) is 0.257. The van der Waals surface area contributed by atoms with Crippen LogP contribution >= 0.6 is 153 Å². The molecule has 4 aromatic carbocycles. The first-order chi connectivity index (χ1) is 26.1. The van der Waals surface area contributed by atoms with Crippen molar-refractivity contribution in [3.05, 3.63) is 101 Å². The summed E-state index contributed by atoms with van der Waals surface area (Å²) in [6.07, 6.45) is 1.53. The molecule has 0 unspecified atom stereocenters. The minimum absolute atomic E-state index is 0. The van der Waals surface area contributed by atoms with Gasteiger partial charge in [0.1, 0.15) is 23.0 Å². The molecule has 22 heteroatoms. The lowest BCUT2D eigenvalue weighted by Gasteiger charge is -2.15.